The number of hydrogen-bond donors (Lipinski definition) is 1. The van der Waals surface area contributed by atoms with E-state index < -0.39 is 0 Å². The Kier molecular flexibility index (Phi) is 4.21. The van der Waals surface area contributed by atoms with Crippen molar-refractivity contribution < 1.29 is 4.39 Å². The number of piperidine rings is 1. The third-order valence-electron chi connectivity index (χ3n) is 5.65. The fourth-order valence-electron chi connectivity index (χ4n) is 3.99. The van der Waals surface area contributed by atoms with Crippen LogP contribution in [-0.2, 0) is 5.41 Å². The molecule has 1 aromatic carbocycles. The van der Waals surface area contributed by atoms with Crippen molar-refractivity contribution in [3.8, 4) is 0 Å². The van der Waals surface area contributed by atoms with E-state index in [0.29, 0.717) is 0 Å². The SMILES string of the molecule is CCC(CC)CN1CCC2(CC1)CNc1ccc(F)cc12. The highest BCUT2D eigenvalue weighted by Crippen LogP contribution is 2.44. The van der Waals surface area contributed by atoms with Crippen LogP contribution in [0.1, 0.15) is 45.1 Å². The van der Waals surface area contributed by atoms with Crippen LogP contribution in [0.15, 0.2) is 18.2 Å². The van der Waals surface area contributed by atoms with Crippen LogP contribution in [0.4, 0.5) is 10.1 Å². The fraction of sp³-hybridized carbons (Fsp3) is 0.667. The molecule has 1 aromatic rings. The Morgan fingerprint density at radius 3 is 2.62 bits per heavy atom. The maximum Gasteiger partial charge on any atom is 0.123 e. The molecule has 21 heavy (non-hydrogen) atoms. The molecule has 2 aliphatic rings. The van der Waals surface area contributed by atoms with Crippen LogP contribution >= 0.6 is 0 Å². The first-order valence-electron chi connectivity index (χ1n) is 8.43. The van der Waals surface area contributed by atoms with E-state index in [4.69, 9.17) is 0 Å². The number of anilines is 1. The first-order valence-corrected chi connectivity index (χ1v) is 8.43. The van der Waals surface area contributed by atoms with E-state index in [2.05, 4.69) is 24.1 Å². The second-order valence-corrected chi connectivity index (χ2v) is 6.81. The molecule has 0 saturated carbocycles. The Hall–Kier alpha value is -1.09. The number of rotatable bonds is 4. The van der Waals surface area contributed by atoms with Crippen molar-refractivity contribution in [2.24, 2.45) is 5.92 Å². The largest absolute Gasteiger partial charge is 0.384 e. The number of nitrogens with zero attached hydrogens (tertiary/aromatic N) is 1. The predicted molar refractivity (Wildman–Crippen MR) is 86.3 cm³/mol. The minimum atomic E-state index is -0.101. The van der Waals surface area contributed by atoms with Crippen LogP contribution in [0.25, 0.3) is 0 Å². The first-order chi connectivity index (χ1) is 10.2. The smallest absolute Gasteiger partial charge is 0.123 e. The predicted octanol–water partition coefficient (Wildman–Crippen LogP) is 4.02. The van der Waals surface area contributed by atoms with Gasteiger partial charge >= 0.3 is 0 Å². The van der Waals surface area contributed by atoms with Crippen LogP contribution in [-0.4, -0.2) is 31.1 Å². The van der Waals surface area contributed by atoms with E-state index in [0.717, 1.165) is 44.1 Å². The molecule has 0 radical (unpaired) electrons. The number of benzene rings is 1. The minimum absolute atomic E-state index is 0.101. The quantitative estimate of drug-likeness (QED) is 0.901. The number of hydrogen-bond acceptors (Lipinski definition) is 2. The third-order valence-corrected chi connectivity index (χ3v) is 5.65. The lowest BCUT2D eigenvalue weighted by atomic mass is 9.74. The number of nitrogens with one attached hydrogen (secondary N) is 1. The zero-order chi connectivity index (χ0) is 14.9. The molecule has 1 spiro atoms. The molecule has 2 aliphatic heterocycles. The van der Waals surface area contributed by atoms with E-state index in [9.17, 15) is 4.39 Å². The van der Waals surface area contributed by atoms with Gasteiger partial charge in [0.25, 0.3) is 0 Å². The highest BCUT2D eigenvalue weighted by atomic mass is 19.1. The lowest BCUT2D eigenvalue weighted by molar-refractivity contribution is 0.145. The van der Waals surface area contributed by atoms with Gasteiger partial charge in [0.2, 0.25) is 0 Å². The zero-order valence-corrected chi connectivity index (χ0v) is 13.3. The van der Waals surface area contributed by atoms with Gasteiger partial charge in [-0.3, -0.25) is 0 Å². The maximum absolute atomic E-state index is 13.6. The van der Waals surface area contributed by atoms with Gasteiger partial charge in [-0.2, -0.15) is 0 Å². The first kappa shape index (κ1) is 14.8. The summed E-state index contributed by atoms with van der Waals surface area (Å²) in [4.78, 5) is 2.61. The van der Waals surface area contributed by atoms with Crippen molar-refractivity contribution in [2.45, 2.75) is 44.9 Å². The second kappa shape index (κ2) is 5.96. The van der Waals surface area contributed by atoms with Gasteiger partial charge < -0.3 is 10.2 Å². The van der Waals surface area contributed by atoms with Crippen molar-refractivity contribution >= 4 is 5.69 Å². The van der Waals surface area contributed by atoms with Crippen molar-refractivity contribution in [3.05, 3.63) is 29.6 Å². The summed E-state index contributed by atoms with van der Waals surface area (Å²) in [6.07, 6.45) is 4.84. The van der Waals surface area contributed by atoms with Gasteiger partial charge in [-0.15, -0.1) is 0 Å². The average Bonchev–Trinajstić information content (AvgIpc) is 2.85. The summed E-state index contributed by atoms with van der Waals surface area (Å²) in [7, 11) is 0. The fourth-order valence-corrected chi connectivity index (χ4v) is 3.99. The van der Waals surface area contributed by atoms with Crippen LogP contribution < -0.4 is 5.32 Å². The third kappa shape index (κ3) is 2.80. The molecule has 0 atom stereocenters. The molecule has 1 saturated heterocycles. The van der Waals surface area contributed by atoms with Gasteiger partial charge in [-0.1, -0.05) is 26.7 Å². The number of likely N-dealkylation sites (tertiary alicyclic amines) is 1. The molecule has 2 nitrogen and oxygen atoms in total. The van der Waals surface area contributed by atoms with Gasteiger partial charge in [0.15, 0.2) is 0 Å². The maximum atomic E-state index is 13.6. The summed E-state index contributed by atoms with van der Waals surface area (Å²) < 4.78 is 13.6. The number of fused-ring (bicyclic) bond motifs is 2. The van der Waals surface area contributed by atoms with Crippen LogP contribution in [0.2, 0.25) is 0 Å². The Labute approximate surface area is 127 Å². The molecular weight excluding hydrogens is 263 g/mol. The molecule has 0 unspecified atom stereocenters. The van der Waals surface area contributed by atoms with Gasteiger partial charge in [0, 0.05) is 24.2 Å². The molecule has 1 N–H and O–H groups in total. The summed E-state index contributed by atoms with van der Waals surface area (Å²) in [5, 5.41) is 3.48. The molecule has 0 amide bonds. The lowest BCUT2D eigenvalue weighted by Crippen LogP contribution is -2.45. The van der Waals surface area contributed by atoms with Crippen LogP contribution in [0.3, 0.4) is 0 Å². The molecule has 1 fully saturated rings. The molecule has 0 aromatic heterocycles. The summed E-state index contributed by atoms with van der Waals surface area (Å²) in [6.45, 7) is 9.08. The Morgan fingerprint density at radius 1 is 1.24 bits per heavy atom. The van der Waals surface area contributed by atoms with Crippen molar-refractivity contribution in [3.63, 3.8) is 0 Å². The Balaban J connectivity index is 1.68. The summed E-state index contributed by atoms with van der Waals surface area (Å²) >= 11 is 0. The molecular formula is C18H27FN2. The van der Waals surface area contributed by atoms with Crippen LogP contribution in [0.5, 0.6) is 0 Å². The molecule has 0 aliphatic carbocycles. The van der Waals surface area contributed by atoms with E-state index in [1.165, 1.54) is 24.9 Å². The van der Waals surface area contributed by atoms with Gasteiger partial charge in [0.1, 0.15) is 5.82 Å². The monoisotopic (exact) mass is 290 g/mol. The Bertz CT molecular complexity index is 488. The second-order valence-electron chi connectivity index (χ2n) is 6.81. The highest BCUT2D eigenvalue weighted by molar-refractivity contribution is 5.60. The number of halogens is 1. The minimum Gasteiger partial charge on any atom is -0.384 e. The standard InChI is InChI=1S/C18H27FN2/c1-3-14(4-2)12-21-9-7-18(8-10-21)13-20-17-6-5-15(19)11-16(17)18/h5-6,11,14,20H,3-4,7-10,12-13H2,1-2H3. The van der Waals surface area contributed by atoms with Crippen molar-refractivity contribution in [1.82, 2.24) is 4.90 Å². The van der Waals surface area contributed by atoms with Gasteiger partial charge in [-0.05, 0) is 55.6 Å². The van der Waals surface area contributed by atoms with E-state index in [-0.39, 0.29) is 11.2 Å². The zero-order valence-electron chi connectivity index (χ0n) is 13.3. The summed E-state index contributed by atoms with van der Waals surface area (Å²) in [5.74, 6) is 0.724. The van der Waals surface area contributed by atoms with Crippen molar-refractivity contribution in [1.29, 1.82) is 0 Å². The average molecular weight is 290 g/mol. The Morgan fingerprint density at radius 2 is 1.95 bits per heavy atom. The molecule has 3 heteroatoms. The summed E-state index contributed by atoms with van der Waals surface area (Å²) in [5.41, 5.74) is 2.52. The van der Waals surface area contributed by atoms with E-state index >= 15 is 0 Å². The lowest BCUT2D eigenvalue weighted by Gasteiger charge is -2.40. The molecule has 3 rings (SSSR count). The molecule has 2 heterocycles. The van der Waals surface area contributed by atoms with Gasteiger partial charge in [0.05, 0.1) is 0 Å². The molecule has 116 valence electrons. The topological polar surface area (TPSA) is 15.3 Å². The normalized spacial score (nSPS) is 20.8. The van der Waals surface area contributed by atoms with Gasteiger partial charge in [-0.25, -0.2) is 4.39 Å². The van der Waals surface area contributed by atoms with Crippen LogP contribution in [0, 0.1) is 11.7 Å². The molecule has 0 bridgehead atoms. The van der Waals surface area contributed by atoms with E-state index in [1.54, 1.807) is 12.1 Å². The summed E-state index contributed by atoms with van der Waals surface area (Å²) in [6, 6.07) is 5.22. The van der Waals surface area contributed by atoms with Crippen molar-refractivity contribution in [2.75, 3.05) is 31.5 Å². The van der Waals surface area contributed by atoms with E-state index in [1.807, 2.05) is 6.07 Å². The highest BCUT2D eigenvalue weighted by Gasteiger charge is 2.41.